The van der Waals surface area contributed by atoms with Crippen LogP contribution in [-0.2, 0) is 20.9 Å². The largest absolute Gasteiger partial charge is 0.452 e. The van der Waals surface area contributed by atoms with Crippen molar-refractivity contribution >= 4 is 17.9 Å². The second kappa shape index (κ2) is 8.86. The van der Waals surface area contributed by atoms with E-state index >= 15 is 0 Å². The summed E-state index contributed by atoms with van der Waals surface area (Å²) in [4.78, 5) is 35.6. The summed E-state index contributed by atoms with van der Waals surface area (Å²) < 4.78 is 5.15. The molecular weight excluding hydrogens is 308 g/mol. The Balaban J connectivity index is 1.73. The molecule has 6 nitrogen and oxygen atoms in total. The molecule has 24 heavy (non-hydrogen) atoms. The van der Waals surface area contributed by atoms with Gasteiger partial charge in [-0.3, -0.25) is 14.9 Å². The molecule has 1 aromatic carbocycles. The summed E-state index contributed by atoms with van der Waals surface area (Å²) >= 11 is 0. The van der Waals surface area contributed by atoms with Crippen molar-refractivity contribution in [3.63, 3.8) is 0 Å². The van der Waals surface area contributed by atoms with Crippen molar-refractivity contribution in [1.29, 1.82) is 0 Å². The molecule has 0 bridgehead atoms. The van der Waals surface area contributed by atoms with E-state index in [1.807, 2.05) is 42.5 Å². The highest BCUT2D eigenvalue weighted by atomic mass is 16.5. The Morgan fingerprint density at radius 2 is 1.96 bits per heavy atom. The molecule has 1 aliphatic carbocycles. The fraction of sp³-hybridized carbons (Fsp3) is 0.389. The SMILES string of the molecule is C[C@@H](OC(=O)[C@H]1CC=CCC1)C(=O)NC(=O)NCc1ccccc1. The van der Waals surface area contributed by atoms with Crippen LogP contribution in [0.4, 0.5) is 4.79 Å². The Kier molecular flexibility index (Phi) is 6.54. The van der Waals surface area contributed by atoms with Crippen LogP contribution in [0.15, 0.2) is 42.5 Å². The zero-order valence-corrected chi connectivity index (χ0v) is 13.7. The van der Waals surface area contributed by atoms with E-state index in [2.05, 4.69) is 10.6 Å². The number of amides is 3. The summed E-state index contributed by atoms with van der Waals surface area (Å²) in [5.74, 6) is -1.25. The number of nitrogens with one attached hydrogen (secondary N) is 2. The maximum atomic E-state index is 12.0. The van der Waals surface area contributed by atoms with Gasteiger partial charge in [0.2, 0.25) is 0 Å². The van der Waals surface area contributed by atoms with Gasteiger partial charge in [-0.2, -0.15) is 0 Å². The summed E-state index contributed by atoms with van der Waals surface area (Å²) in [7, 11) is 0. The molecule has 0 radical (unpaired) electrons. The molecule has 0 fully saturated rings. The fourth-order valence-electron chi connectivity index (χ4n) is 2.37. The van der Waals surface area contributed by atoms with E-state index in [9.17, 15) is 14.4 Å². The summed E-state index contributed by atoms with van der Waals surface area (Å²) in [5, 5.41) is 4.76. The van der Waals surface area contributed by atoms with Gasteiger partial charge in [-0.25, -0.2) is 4.79 Å². The van der Waals surface area contributed by atoms with Crippen molar-refractivity contribution < 1.29 is 19.1 Å². The van der Waals surface area contributed by atoms with Crippen molar-refractivity contribution in [3.8, 4) is 0 Å². The van der Waals surface area contributed by atoms with Crippen LogP contribution in [-0.4, -0.2) is 24.0 Å². The average Bonchev–Trinajstić information content (AvgIpc) is 2.61. The van der Waals surface area contributed by atoms with E-state index < -0.39 is 24.0 Å². The van der Waals surface area contributed by atoms with Crippen LogP contribution in [0.5, 0.6) is 0 Å². The minimum Gasteiger partial charge on any atom is -0.452 e. The van der Waals surface area contributed by atoms with E-state index in [0.29, 0.717) is 13.0 Å². The Labute approximate surface area is 141 Å². The van der Waals surface area contributed by atoms with Gasteiger partial charge in [-0.05, 0) is 31.7 Å². The van der Waals surface area contributed by atoms with E-state index in [4.69, 9.17) is 4.74 Å². The maximum absolute atomic E-state index is 12.0. The number of imide groups is 1. The van der Waals surface area contributed by atoms with E-state index in [-0.39, 0.29) is 5.92 Å². The normalized spacial score (nSPS) is 17.6. The topological polar surface area (TPSA) is 84.5 Å². The fourth-order valence-corrected chi connectivity index (χ4v) is 2.37. The second-order valence-corrected chi connectivity index (χ2v) is 5.72. The lowest BCUT2D eigenvalue weighted by atomic mass is 9.95. The highest BCUT2D eigenvalue weighted by Gasteiger charge is 2.25. The molecule has 128 valence electrons. The lowest BCUT2D eigenvalue weighted by Crippen LogP contribution is -2.44. The van der Waals surface area contributed by atoms with Crippen LogP contribution < -0.4 is 10.6 Å². The minimum atomic E-state index is -1.01. The molecule has 2 rings (SSSR count). The summed E-state index contributed by atoms with van der Waals surface area (Å²) in [6.45, 7) is 1.76. The average molecular weight is 330 g/mol. The van der Waals surface area contributed by atoms with Crippen LogP contribution in [0.1, 0.15) is 31.7 Å². The predicted octanol–water partition coefficient (Wildman–Crippen LogP) is 2.30. The van der Waals surface area contributed by atoms with E-state index in [0.717, 1.165) is 18.4 Å². The predicted molar refractivity (Wildman–Crippen MR) is 88.9 cm³/mol. The Hall–Kier alpha value is -2.63. The number of ether oxygens (including phenoxy) is 1. The molecule has 1 aromatic rings. The van der Waals surface area contributed by atoms with Gasteiger partial charge in [0.25, 0.3) is 5.91 Å². The molecule has 2 atom stereocenters. The Morgan fingerprint density at radius 3 is 2.62 bits per heavy atom. The van der Waals surface area contributed by atoms with E-state index in [1.165, 1.54) is 6.92 Å². The molecule has 6 heteroatoms. The van der Waals surface area contributed by atoms with Crippen LogP contribution in [0.2, 0.25) is 0 Å². The molecule has 2 N–H and O–H groups in total. The van der Waals surface area contributed by atoms with Gasteiger partial charge in [0, 0.05) is 6.54 Å². The maximum Gasteiger partial charge on any atom is 0.321 e. The molecule has 0 spiro atoms. The van der Waals surface area contributed by atoms with Crippen LogP contribution >= 0.6 is 0 Å². The van der Waals surface area contributed by atoms with Gasteiger partial charge in [0.15, 0.2) is 6.10 Å². The first-order chi connectivity index (χ1) is 11.6. The lowest BCUT2D eigenvalue weighted by molar-refractivity contribution is -0.158. The summed E-state index contributed by atoms with van der Waals surface area (Å²) in [6.07, 6.45) is 5.15. The molecule has 3 amide bonds. The third-order valence-corrected chi connectivity index (χ3v) is 3.80. The lowest BCUT2D eigenvalue weighted by Gasteiger charge is -2.19. The summed E-state index contributed by atoms with van der Waals surface area (Å²) in [6, 6.07) is 8.72. The first-order valence-corrected chi connectivity index (χ1v) is 8.04. The van der Waals surface area contributed by atoms with Gasteiger partial charge in [0.1, 0.15) is 0 Å². The summed E-state index contributed by atoms with van der Waals surface area (Å²) in [5.41, 5.74) is 0.921. The minimum absolute atomic E-state index is 0.211. The van der Waals surface area contributed by atoms with Gasteiger partial charge in [-0.15, -0.1) is 0 Å². The Morgan fingerprint density at radius 1 is 1.21 bits per heavy atom. The number of benzene rings is 1. The third-order valence-electron chi connectivity index (χ3n) is 3.80. The first kappa shape index (κ1) is 17.7. The number of hydrogen-bond donors (Lipinski definition) is 2. The molecule has 0 unspecified atom stereocenters. The highest BCUT2D eigenvalue weighted by Crippen LogP contribution is 2.20. The van der Waals surface area contributed by atoms with Crippen molar-refractivity contribution in [2.75, 3.05) is 0 Å². The molecule has 0 saturated carbocycles. The van der Waals surface area contributed by atoms with Gasteiger partial charge < -0.3 is 10.1 Å². The van der Waals surface area contributed by atoms with Crippen LogP contribution in [0.3, 0.4) is 0 Å². The number of rotatable bonds is 5. The molecule has 1 aliphatic rings. The zero-order chi connectivity index (χ0) is 17.4. The van der Waals surface area contributed by atoms with Gasteiger partial charge >= 0.3 is 12.0 Å². The standard InChI is InChI=1S/C18H22N2O4/c1-13(24-17(22)15-10-6-3-7-11-15)16(21)20-18(23)19-12-14-8-4-2-5-9-14/h2-6,8-9,13,15H,7,10-12H2,1H3,(H2,19,20,21,23)/t13-,15+/m1/s1. The third kappa shape index (κ3) is 5.53. The molecule has 0 heterocycles. The first-order valence-electron chi connectivity index (χ1n) is 8.04. The smallest absolute Gasteiger partial charge is 0.321 e. The van der Waals surface area contributed by atoms with Gasteiger partial charge in [0.05, 0.1) is 5.92 Å². The number of carbonyl (C=O) groups is 3. The van der Waals surface area contributed by atoms with Crippen molar-refractivity contribution in [2.24, 2.45) is 5.92 Å². The molecule has 0 aromatic heterocycles. The van der Waals surface area contributed by atoms with Crippen LogP contribution in [0, 0.1) is 5.92 Å². The molecule has 0 aliphatic heterocycles. The van der Waals surface area contributed by atoms with Crippen LogP contribution in [0.25, 0.3) is 0 Å². The van der Waals surface area contributed by atoms with Gasteiger partial charge in [-0.1, -0.05) is 42.5 Å². The van der Waals surface area contributed by atoms with Crippen molar-refractivity contribution in [3.05, 3.63) is 48.0 Å². The Bertz CT molecular complexity index is 613. The number of allylic oxidation sites excluding steroid dienone is 2. The van der Waals surface area contributed by atoms with E-state index in [1.54, 1.807) is 0 Å². The molecular formula is C18H22N2O4. The second-order valence-electron chi connectivity index (χ2n) is 5.72. The number of urea groups is 1. The monoisotopic (exact) mass is 330 g/mol. The number of esters is 1. The van der Waals surface area contributed by atoms with Crippen molar-refractivity contribution in [1.82, 2.24) is 10.6 Å². The number of carbonyl (C=O) groups excluding carboxylic acids is 3. The van der Waals surface area contributed by atoms with Crippen molar-refractivity contribution in [2.45, 2.75) is 38.8 Å². The zero-order valence-electron chi connectivity index (χ0n) is 13.7. The highest BCUT2D eigenvalue weighted by molar-refractivity contribution is 5.97. The quantitative estimate of drug-likeness (QED) is 0.641. The molecule has 0 saturated heterocycles. The number of hydrogen-bond acceptors (Lipinski definition) is 4.